The average molecular weight is 196 g/mol. The molecule has 0 atom stereocenters. The molecule has 0 aromatic rings. The summed E-state index contributed by atoms with van der Waals surface area (Å²) < 4.78 is 0. The minimum absolute atomic E-state index is 0.0282. The van der Waals surface area contributed by atoms with E-state index in [0.717, 1.165) is 0 Å². The van der Waals surface area contributed by atoms with Crippen molar-refractivity contribution in [1.82, 2.24) is 0 Å². The van der Waals surface area contributed by atoms with Crippen molar-refractivity contribution in [1.29, 1.82) is 0 Å². The Labute approximate surface area is 84.2 Å². The molecular formula is C11H16O3. The number of carbonyl (C=O) groups is 3. The van der Waals surface area contributed by atoms with Gasteiger partial charge in [-0.3, -0.25) is 14.4 Å². The van der Waals surface area contributed by atoms with Crippen molar-refractivity contribution in [3.8, 4) is 0 Å². The first kappa shape index (κ1) is 12.8. The standard InChI is InChI=1S/C11H16O3/c1-3-5-10(13)6-7-11(14)8-9(12)4-2/h3,5H,4,6-8H2,1-2H3. The van der Waals surface area contributed by atoms with Crippen LogP contribution in [0.1, 0.15) is 39.5 Å². The number of ketones is 3. The first-order valence-corrected chi connectivity index (χ1v) is 4.79. The highest BCUT2D eigenvalue weighted by atomic mass is 16.1. The highest BCUT2D eigenvalue weighted by Gasteiger charge is 2.08. The van der Waals surface area contributed by atoms with E-state index in [4.69, 9.17) is 0 Å². The van der Waals surface area contributed by atoms with Gasteiger partial charge in [0, 0.05) is 19.3 Å². The van der Waals surface area contributed by atoms with Gasteiger partial charge in [-0.05, 0) is 13.0 Å². The fraction of sp³-hybridized carbons (Fsp3) is 0.545. The van der Waals surface area contributed by atoms with Crippen molar-refractivity contribution in [3.05, 3.63) is 12.2 Å². The van der Waals surface area contributed by atoms with Gasteiger partial charge in [-0.25, -0.2) is 0 Å². The molecule has 0 aliphatic heterocycles. The lowest BCUT2D eigenvalue weighted by Crippen LogP contribution is -2.08. The van der Waals surface area contributed by atoms with Crippen LogP contribution in [0.4, 0.5) is 0 Å². The Morgan fingerprint density at radius 3 is 2.21 bits per heavy atom. The summed E-state index contributed by atoms with van der Waals surface area (Å²) in [5, 5.41) is 0. The molecule has 0 spiro atoms. The second kappa shape index (κ2) is 7.18. The lowest BCUT2D eigenvalue weighted by molar-refractivity contribution is -0.128. The molecule has 0 aliphatic carbocycles. The normalized spacial score (nSPS) is 10.4. The van der Waals surface area contributed by atoms with Crippen LogP contribution in [0.15, 0.2) is 12.2 Å². The SMILES string of the molecule is CC=CC(=O)CCC(=O)CC(=O)CC. The summed E-state index contributed by atoms with van der Waals surface area (Å²) >= 11 is 0. The zero-order chi connectivity index (χ0) is 11.0. The zero-order valence-electron chi connectivity index (χ0n) is 8.71. The average Bonchev–Trinajstić information content (AvgIpc) is 2.15. The lowest BCUT2D eigenvalue weighted by Gasteiger charge is -1.96. The van der Waals surface area contributed by atoms with E-state index in [1.165, 1.54) is 6.08 Å². The van der Waals surface area contributed by atoms with Crippen LogP contribution in [0.5, 0.6) is 0 Å². The Bertz CT molecular complexity index is 251. The van der Waals surface area contributed by atoms with E-state index in [9.17, 15) is 14.4 Å². The fourth-order valence-electron chi connectivity index (χ4n) is 0.965. The van der Waals surface area contributed by atoms with Crippen LogP contribution < -0.4 is 0 Å². The van der Waals surface area contributed by atoms with E-state index in [1.807, 2.05) is 0 Å². The molecule has 14 heavy (non-hydrogen) atoms. The van der Waals surface area contributed by atoms with E-state index in [-0.39, 0.29) is 36.6 Å². The molecule has 3 heteroatoms. The quantitative estimate of drug-likeness (QED) is 0.461. The summed E-state index contributed by atoms with van der Waals surface area (Å²) in [7, 11) is 0. The summed E-state index contributed by atoms with van der Waals surface area (Å²) in [6.07, 6.45) is 3.82. The van der Waals surface area contributed by atoms with E-state index >= 15 is 0 Å². The molecule has 0 heterocycles. The fourth-order valence-corrected chi connectivity index (χ4v) is 0.965. The molecule has 0 unspecified atom stereocenters. The Morgan fingerprint density at radius 1 is 1.07 bits per heavy atom. The molecule has 0 fully saturated rings. The molecular weight excluding hydrogens is 180 g/mol. The maximum atomic E-state index is 11.1. The molecule has 0 bridgehead atoms. The van der Waals surface area contributed by atoms with E-state index in [1.54, 1.807) is 19.9 Å². The van der Waals surface area contributed by atoms with Crippen LogP contribution >= 0.6 is 0 Å². The van der Waals surface area contributed by atoms with Crippen molar-refractivity contribution in [2.24, 2.45) is 0 Å². The number of carbonyl (C=O) groups excluding carboxylic acids is 3. The van der Waals surface area contributed by atoms with Gasteiger partial charge in [-0.15, -0.1) is 0 Å². The Morgan fingerprint density at radius 2 is 1.71 bits per heavy atom. The van der Waals surface area contributed by atoms with Crippen molar-refractivity contribution in [3.63, 3.8) is 0 Å². The summed E-state index contributed by atoms with van der Waals surface area (Å²) in [6, 6.07) is 0. The minimum Gasteiger partial charge on any atom is -0.299 e. The molecule has 0 aromatic heterocycles. The number of allylic oxidation sites excluding steroid dienone is 2. The molecule has 78 valence electrons. The van der Waals surface area contributed by atoms with Crippen LogP contribution in [0, 0.1) is 0 Å². The van der Waals surface area contributed by atoms with Gasteiger partial charge in [0.2, 0.25) is 0 Å². The van der Waals surface area contributed by atoms with Gasteiger partial charge < -0.3 is 0 Å². The second-order valence-corrected chi connectivity index (χ2v) is 3.07. The molecule has 3 nitrogen and oxygen atoms in total. The van der Waals surface area contributed by atoms with E-state index < -0.39 is 0 Å². The van der Waals surface area contributed by atoms with Gasteiger partial charge in [0.1, 0.15) is 11.6 Å². The van der Waals surface area contributed by atoms with Gasteiger partial charge in [-0.2, -0.15) is 0 Å². The van der Waals surface area contributed by atoms with Gasteiger partial charge >= 0.3 is 0 Å². The third kappa shape index (κ3) is 6.29. The molecule has 0 amide bonds. The Kier molecular flexibility index (Phi) is 6.54. The molecule has 0 saturated carbocycles. The van der Waals surface area contributed by atoms with Gasteiger partial charge in [0.15, 0.2) is 5.78 Å². The van der Waals surface area contributed by atoms with Crippen LogP contribution in [-0.4, -0.2) is 17.3 Å². The first-order valence-electron chi connectivity index (χ1n) is 4.79. The van der Waals surface area contributed by atoms with Crippen molar-refractivity contribution in [2.45, 2.75) is 39.5 Å². The van der Waals surface area contributed by atoms with Crippen LogP contribution in [0.3, 0.4) is 0 Å². The van der Waals surface area contributed by atoms with Crippen LogP contribution in [-0.2, 0) is 14.4 Å². The summed E-state index contributed by atoms with van der Waals surface area (Å²) in [4.78, 5) is 33.0. The Hall–Kier alpha value is -1.25. The molecule has 0 rings (SSSR count). The molecule has 0 radical (unpaired) electrons. The molecule has 0 aliphatic rings. The third-order valence-electron chi connectivity index (χ3n) is 1.79. The third-order valence-corrected chi connectivity index (χ3v) is 1.79. The van der Waals surface area contributed by atoms with Crippen molar-refractivity contribution < 1.29 is 14.4 Å². The van der Waals surface area contributed by atoms with Crippen LogP contribution in [0.2, 0.25) is 0 Å². The zero-order valence-corrected chi connectivity index (χ0v) is 8.71. The van der Waals surface area contributed by atoms with Gasteiger partial charge in [-0.1, -0.05) is 13.0 Å². The topological polar surface area (TPSA) is 51.2 Å². The lowest BCUT2D eigenvalue weighted by atomic mass is 10.1. The molecule has 0 saturated heterocycles. The minimum atomic E-state index is -0.144. The number of rotatable bonds is 7. The molecule has 0 aromatic carbocycles. The summed E-state index contributed by atoms with van der Waals surface area (Å²) in [5.74, 6) is -0.270. The monoisotopic (exact) mass is 196 g/mol. The second-order valence-electron chi connectivity index (χ2n) is 3.07. The van der Waals surface area contributed by atoms with Crippen molar-refractivity contribution in [2.75, 3.05) is 0 Å². The van der Waals surface area contributed by atoms with E-state index in [2.05, 4.69) is 0 Å². The van der Waals surface area contributed by atoms with Gasteiger partial charge in [0.25, 0.3) is 0 Å². The number of Topliss-reactive ketones (excluding diaryl/α,β-unsaturated/α-hetero) is 2. The summed E-state index contributed by atoms with van der Waals surface area (Å²) in [5.41, 5.74) is 0. The predicted octanol–water partition coefficient (Wildman–Crippen LogP) is 1.85. The maximum absolute atomic E-state index is 11.1. The van der Waals surface area contributed by atoms with E-state index in [0.29, 0.717) is 6.42 Å². The number of hydrogen-bond acceptors (Lipinski definition) is 3. The largest absolute Gasteiger partial charge is 0.299 e. The predicted molar refractivity (Wildman–Crippen MR) is 54.0 cm³/mol. The smallest absolute Gasteiger partial charge is 0.155 e. The van der Waals surface area contributed by atoms with Crippen molar-refractivity contribution >= 4 is 17.3 Å². The maximum Gasteiger partial charge on any atom is 0.155 e. The van der Waals surface area contributed by atoms with Gasteiger partial charge in [0.05, 0.1) is 6.42 Å². The first-order chi connectivity index (χ1) is 6.60. The summed E-state index contributed by atoms with van der Waals surface area (Å²) in [6.45, 7) is 3.47. The Balaban J connectivity index is 3.74. The highest BCUT2D eigenvalue weighted by Crippen LogP contribution is 1.99. The van der Waals surface area contributed by atoms with Crippen LogP contribution in [0.25, 0.3) is 0 Å². The molecule has 0 N–H and O–H groups in total. The number of hydrogen-bond donors (Lipinski definition) is 0. The highest BCUT2D eigenvalue weighted by molar-refractivity contribution is 6.01.